The first kappa shape index (κ1) is 13.5. The molecule has 2 aliphatic heterocycles. The van der Waals surface area contributed by atoms with E-state index in [0.717, 1.165) is 15.6 Å². The maximum absolute atomic E-state index is 12.9. The Morgan fingerprint density at radius 2 is 1.86 bits per heavy atom. The molecule has 0 unspecified atom stereocenters. The lowest BCUT2D eigenvalue weighted by Crippen LogP contribution is -2.48. The van der Waals surface area contributed by atoms with Gasteiger partial charge in [-0.1, -0.05) is 40.2 Å². The van der Waals surface area contributed by atoms with Crippen LogP contribution in [0.25, 0.3) is 0 Å². The number of hydrogen-bond donors (Lipinski definition) is 1. The summed E-state index contributed by atoms with van der Waals surface area (Å²) in [5, 5.41) is 2.89. The first-order valence-corrected chi connectivity index (χ1v) is 7.91. The Kier molecular flexibility index (Phi) is 3.04. The van der Waals surface area contributed by atoms with Gasteiger partial charge in [0, 0.05) is 17.4 Å². The summed E-state index contributed by atoms with van der Waals surface area (Å²) in [6.07, 6.45) is 0.558. The van der Waals surface area contributed by atoms with E-state index in [2.05, 4.69) is 21.2 Å². The van der Waals surface area contributed by atoms with E-state index in [0.29, 0.717) is 24.2 Å². The number of halogens is 1. The molecule has 4 nitrogen and oxygen atoms in total. The molecule has 1 atom stereocenters. The molecule has 0 saturated heterocycles. The van der Waals surface area contributed by atoms with E-state index < -0.39 is 6.04 Å². The maximum atomic E-state index is 12.9. The highest BCUT2D eigenvalue weighted by Crippen LogP contribution is 2.31. The van der Waals surface area contributed by atoms with Crippen LogP contribution in [-0.2, 0) is 17.8 Å². The molecule has 2 aliphatic rings. The number of carbonyl (C=O) groups excluding carboxylic acids is 2. The third-order valence-corrected chi connectivity index (χ3v) is 4.78. The zero-order chi connectivity index (χ0) is 15.3. The summed E-state index contributed by atoms with van der Waals surface area (Å²) in [5.74, 6) is -0.224. The Morgan fingerprint density at radius 3 is 2.68 bits per heavy atom. The Hall–Kier alpha value is -2.14. The molecular formula is C17H13BrN2O2. The van der Waals surface area contributed by atoms with E-state index in [4.69, 9.17) is 0 Å². The third kappa shape index (κ3) is 2.04. The van der Waals surface area contributed by atoms with Gasteiger partial charge in [0.1, 0.15) is 6.04 Å². The van der Waals surface area contributed by atoms with Gasteiger partial charge in [0.2, 0.25) is 5.91 Å². The molecule has 0 radical (unpaired) electrons. The zero-order valence-corrected chi connectivity index (χ0v) is 13.3. The molecule has 5 heteroatoms. The van der Waals surface area contributed by atoms with Crippen molar-refractivity contribution in [3.05, 3.63) is 63.6 Å². The molecule has 22 heavy (non-hydrogen) atoms. The third-order valence-electron chi connectivity index (χ3n) is 4.28. The highest BCUT2D eigenvalue weighted by Gasteiger charge is 2.38. The number of hydrogen-bond acceptors (Lipinski definition) is 2. The molecule has 110 valence electrons. The van der Waals surface area contributed by atoms with Crippen LogP contribution in [0.5, 0.6) is 0 Å². The van der Waals surface area contributed by atoms with Crippen molar-refractivity contribution in [1.29, 1.82) is 0 Å². The van der Waals surface area contributed by atoms with Gasteiger partial charge in [0.15, 0.2) is 0 Å². The molecule has 0 fully saturated rings. The molecule has 2 aromatic rings. The van der Waals surface area contributed by atoms with E-state index in [1.807, 2.05) is 30.3 Å². The fourth-order valence-corrected chi connectivity index (χ4v) is 3.50. The van der Waals surface area contributed by atoms with Crippen LogP contribution in [0.3, 0.4) is 0 Å². The Morgan fingerprint density at radius 1 is 1.09 bits per heavy atom. The highest BCUT2D eigenvalue weighted by molar-refractivity contribution is 9.10. The Balaban J connectivity index is 1.82. The van der Waals surface area contributed by atoms with Crippen molar-refractivity contribution in [2.45, 2.75) is 19.0 Å². The zero-order valence-electron chi connectivity index (χ0n) is 11.7. The van der Waals surface area contributed by atoms with Crippen LogP contribution in [0.4, 0.5) is 5.69 Å². The molecule has 0 aliphatic carbocycles. The number of benzene rings is 2. The lowest BCUT2D eigenvalue weighted by molar-refractivity contribution is -0.120. The average molecular weight is 357 g/mol. The lowest BCUT2D eigenvalue weighted by atomic mass is 9.93. The van der Waals surface area contributed by atoms with Crippen LogP contribution in [-0.4, -0.2) is 22.8 Å². The summed E-state index contributed by atoms with van der Waals surface area (Å²) in [6, 6.07) is 12.9. The maximum Gasteiger partial charge on any atom is 0.257 e. The van der Waals surface area contributed by atoms with Crippen LogP contribution in [0.1, 0.15) is 21.5 Å². The van der Waals surface area contributed by atoms with Crippen LogP contribution in [0.15, 0.2) is 46.9 Å². The molecule has 2 aromatic carbocycles. The summed E-state index contributed by atoms with van der Waals surface area (Å²) in [7, 11) is 0. The van der Waals surface area contributed by atoms with Gasteiger partial charge < -0.3 is 10.2 Å². The van der Waals surface area contributed by atoms with Crippen molar-refractivity contribution < 1.29 is 9.59 Å². The van der Waals surface area contributed by atoms with Crippen molar-refractivity contribution >= 4 is 33.4 Å². The van der Waals surface area contributed by atoms with Gasteiger partial charge in [-0.15, -0.1) is 0 Å². The first-order valence-electron chi connectivity index (χ1n) is 7.11. The molecule has 0 bridgehead atoms. The minimum Gasteiger partial charge on any atom is -0.324 e. The minimum absolute atomic E-state index is 0.103. The van der Waals surface area contributed by atoms with Crippen molar-refractivity contribution in [1.82, 2.24) is 4.90 Å². The van der Waals surface area contributed by atoms with E-state index in [1.54, 1.807) is 17.0 Å². The van der Waals surface area contributed by atoms with Gasteiger partial charge >= 0.3 is 0 Å². The molecule has 0 saturated carbocycles. The summed E-state index contributed by atoms with van der Waals surface area (Å²) in [5.41, 5.74) is 3.36. The molecule has 1 N–H and O–H groups in total. The summed E-state index contributed by atoms with van der Waals surface area (Å²) >= 11 is 3.39. The Labute approximate surface area is 136 Å². The van der Waals surface area contributed by atoms with Crippen LogP contribution in [0, 0.1) is 0 Å². The Bertz CT molecular complexity index is 803. The van der Waals surface area contributed by atoms with Crippen molar-refractivity contribution in [2.75, 3.05) is 5.32 Å². The number of nitrogens with zero attached hydrogens (tertiary/aromatic N) is 1. The van der Waals surface area contributed by atoms with Crippen LogP contribution >= 0.6 is 15.9 Å². The number of anilines is 1. The van der Waals surface area contributed by atoms with Gasteiger partial charge in [-0.2, -0.15) is 0 Å². The number of amides is 2. The van der Waals surface area contributed by atoms with E-state index in [-0.39, 0.29) is 11.8 Å². The fourth-order valence-electron chi connectivity index (χ4n) is 3.14. The molecule has 0 aromatic heterocycles. The standard InChI is InChI=1S/C17H13BrN2O2/c18-12-5-6-14-13(8-12)17(22)20-9-11-4-2-1-3-10(11)7-15(20)16(21)19-14/h1-6,8,15H,7,9H2,(H,19,21)/t15-/m1/s1. The minimum atomic E-state index is -0.450. The summed E-state index contributed by atoms with van der Waals surface area (Å²) in [6.45, 7) is 0.471. The molecule has 2 amide bonds. The topological polar surface area (TPSA) is 49.4 Å². The largest absolute Gasteiger partial charge is 0.324 e. The fraction of sp³-hybridized carbons (Fsp3) is 0.176. The van der Waals surface area contributed by atoms with Crippen molar-refractivity contribution in [3.63, 3.8) is 0 Å². The smallest absolute Gasteiger partial charge is 0.257 e. The van der Waals surface area contributed by atoms with Crippen LogP contribution in [0.2, 0.25) is 0 Å². The number of nitrogens with one attached hydrogen (secondary N) is 1. The molecular weight excluding hydrogens is 344 g/mol. The second-order valence-corrected chi connectivity index (χ2v) is 6.52. The van der Waals surface area contributed by atoms with Gasteiger partial charge in [-0.05, 0) is 29.3 Å². The highest BCUT2D eigenvalue weighted by atomic mass is 79.9. The normalized spacial score (nSPS) is 19.7. The van der Waals surface area contributed by atoms with Crippen LogP contribution < -0.4 is 5.32 Å². The predicted octanol–water partition coefficient (Wildman–Crippen LogP) is 2.97. The molecule has 4 rings (SSSR count). The molecule has 2 heterocycles. The van der Waals surface area contributed by atoms with Crippen molar-refractivity contribution in [2.24, 2.45) is 0 Å². The quantitative estimate of drug-likeness (QED) is 0.788. The van der Waals surface area contributed by atoms with E-state index >= 15 is 0 Å². The monoisotopic (exact) mass is 356 g/mol. The van der Waals surface area contributed by atoms with E-state index in [9.17, 15) is 9.59 Å². The van der Waals surface area contributed by atoms with Gasteiger partial charge in [-0.3, -0.25) is 9.59 Å². The number of carbonyl (C=O) groups is 2. The van der Waals surface area contributed by atoms with Crippen molar-refractivity contribution in [3.8, 4) is 0 Å². The number of rotatable bonds is 0. The van der Waals surface area contributed by atoms with E-state index in [1.165, 1.54) is 0 Å². The SMILES string of the molecule is O=C1Nc2ccc(Br)cc2C(=O)N2Cc3ccccc3C[C@H]12. The second kappa shape index (κ2) is 4.95. The summed E-state index contributed by atoms with van der Waals surface area (Å²) < 4.78 is 0.824. The summed E-state index contributed by atoms with van der Waals surface area (Å²) in [4.78, 5) is 27.1. The second-order valence-electron chi connectivity index (χ2n) is 5.60. The van der Waals surface area contributed by atoms with Gasteiger partial charge in [0.05, 0.1) is 11.3 Å². The predicted molar refractivity (Wildman–Crippen MR) is 86.6 cm³/mol. The average Bonchev–Trinajstić information content (AvgIpc) is 2.63. The van der Waals surface area contributed by atoms with Gasteiger partial charge in [-0.25, -0.2) is 0 Å². The number of fused-ring (bicyclic) bond motifs is 3. The lowest BCUT2D eigenvalue weighted by Gasteiger charge is -2.34. The van der Waals surface area contributed by atoms with Gasteiger partial charge in [0.25, 0.3) is 5.91 Å². The molecule has 0 spiro atoms. The first-order chi connectivity index (χ1) is 10.6.